The minimum absolute atomic E-state index is 0. The number of carbonyl (C=O) groups is 2. The molecule has 2 aromatic carbocycles. The van der Waals surface area contributed by atoms with Gasteiger partial charge in [-0.25, -0.2) is 9.59 Å². The minimum atomic E-state index is -1.03. The van der Waals surface area contributed by atoms with E-state index in [1.807, 2.05) is 0 Å². The van der Waals surface area contributed by atoms with Crippen molar-refractivity contribution < 1.29 is 19.8 Å². The summed E-state index contributed by atoms with van der Waals surface area (Å²) < 4.78 is 0.458. The lowest BCUT2D eigenvalue weighted by Crippen LogP contribution is -1.99. The van der Waals surface area contributed by atoms with Crippen molar-refractivity contribution in [3.8, 4) is 0 Å². The number of fused-ring (bicyclic) bond motifs is 1. The standard InChI is InChI=1S/C12H7BrO4.2ClH/c13-10-8-3-2-7(11(14)15)5-6(8)1-4-9(10)12(16)17;;/h1-5H,(H,14,15)(H,16,17);2*1H. The van der Waals surface area contributed by atoms with E-state index in [-0.39, 0.29) is 35.9 Å². The first kappa shape index (κ1) is 17.7. The molecule has 0 atom stereocenters. The van der Waals surface area contributed by atoms with Gasteiger partial charge in [-0.3, -0.25) is 0 Å². The summed E-state index contributed by atoms with van der Waals surface area (Å²) in [5.74, 6) is -2.04. The van der Waals surface area contributed by atoms with Crippen LogP contribution in [-0.4, -0.2) is 22.2 Å². The molecule has 2 rings (SSSR count). The van der Waals surface area contributed by atoms with E-state index in [0.717, 1.165) is 0 Å². The van der Waals surface area contributed by atoms with Gasteiger partial charge >= 0.3 is 11.9 Å². The monoisotopic (exact) mass is 366 g/mol. The van der Waals surface area contributed by atoms with Gasteiger partial charge in [0.05, 0.1) is 11.1 Å². The minimum Gasteiger partial charge on any atom is -0.478 e. The summed E-state index contributed by atoms with van der Waals surface area (Å²) in [5.41, 5.74) is 0.327. The zero-order valence-electron chi connectivity index (χ0n) is 9.29. The number of aromatic carboxylic acids is 2. The zero-order valence-corrected chi connectivity index (χ0v) is 12.5. The molecule has 0 spiro atoms. The maximum absolute atomic E-state index is 10.9. The third-order valence-electron chi connectivity index (χ3n) is 2.43. The van der Waals surface area contributed by atoms with Crippen molar-refractivity contribution in [2.75, 3.05) is 0 Å². The fourth-order valence-corrected chi connectivity index (χ4v) is 2.25. The Hall–Kier alpha value is -1.30. The third-order valence-corrected chi connectivity index (χ3v) is 3.29. The summed E-state index contributed by atoms with van der Waals surface area (Å²) in [5, 5.41) is 19.2. The van der Waals surface area contributed by atoms with Gasteiger partial charge in [0.25, 0.3) is 0 Å². The second kappa shape index (κ2) is 6.75. The predicted octanol–water partition coefficient (Wildman–Crippen LogP) is 3.84. The maximum atomic E-state index is 10.9. The second-order valence-corrected chi connectivity index (χ2v) is 4.27. The highest BCUT2D eigenvalue weighted by Gasteiger charge is 2.12. The average Bonchev–Trinajstić information content (AvgIpc) is 2.28. The molecule has 0 aliphatic rings. The first-order chi connectivity index (χ1) is 8.00. The van der Waals surface area contributed by atoms with Crippen molar-refractivity contribution in [1.82, 2.24) is 0 Å². The van der Waals surface area contributed by atoms with Crippen LogP contribution in [0.3, 0.4) is 0 Å². The highest BCUT2D eigenvalue weighted by atomic mass is 79.9. The van der Waals surface area contributed by atoms with Crippen molar-refractivity contribution in [3.05, 3.63) is 45.9 Å². The van der Waals surface area contributed by atoms with E-state index in [9.17, 15) is 9.59 Å². The largest absolute Gasteiger partial charge is 0.478 e. The smallest absolute Gasteiger partial charge is 0.336 e. The van der Waals surface area contributed by atoms with Crippen LogP contribution >= 0.6 is 40.7 Å². The molecule has 0 fully saturated rings. The van der Waals surface area contributed by atoms with Gasteiger partial charge in [0.1, 0.15) is 0 Å². The van der Waals surface area contributed by atoms with Crippen LogP contribution in [0.5, 0.6) is 0 Å². The highest BCUT2D eigenvalue weighted by molar-refractivity contribution is 9.10. The Kier molecular flexibility index (Phi) is 6.29. The van der Waals surface area contributed by atoms with Gasteiger partial charge in [-0.2, -0.15) is 0 Å². The Labute approximate surface area is 129 Å². The number of benzene rings is 2. The Morgan fingerprint density at radius 1 is 0.947 bits per heavy atom. The van der Waals surface area contributed by atoms with Gasteiger partial charge in [0.2, 0.25) is 0 Å². The topological polar surface area (TPSA) is 74.6 Å². The van der Waals surface area contributed by atoms with Crippen LogP contribution in [0.25, 0.3) is 10.8 Å². The van der Waals surface area contributed by atoms with Crippen LogP contribution in [0.15, 0.2) is 34.8 Å². The number of carboxylic acids is 2. The van der Waals surface area contributed by atoms with E-state index in [0.29, 0.717) is 15.2 Å². The lowest BCUT2D eigenvalue weighted by atomic mass is 10.0. The Morgan fingerprint density at radius 2 is 1.58 bits per heavy atom. The summed E-state index contributed by atoms with van der Waals surface area (Å²) in [4.78, 5) is 21.7. The molecule has 102 valence electrons. The van der Waals surface area contributed by atoms with Gasteiger partial charge in [-0.1, -0.05) is 12.1 Å². The van der Waals surface area contributed by atoms with E-state index in [4.69, 9.17) is 10.2 Å². The summed E-state index contributed by atoms with van der Waals surface area (Å²) in [7, 11) is 0. The molecule has 19 heavy (non-hydrogen) atoms. The summed E-state index contributed by atoms with van der Waals surface area (Å²) in [6.45, 7) is 0. The zero-order chi connectivity index (χ0) is 12.6. The molecule has 0 amide bonds. The molecule has 0 aromatic heterocycles. The molecule has 7 heteroatoms. The second-order valence-electron chi connectivity index (χ2n) is 3.47. The van der Waals surface area contributed by atoms with Crippen molar-refractivity contribution in [2.24, 2.45) is 0 Å². The first-order valence-corrected chi connectivity index (χ1v) is 5.49. The predicted molar refractivity (Wildman–Crippen MR) is 80.1 cm³/mol. The molecular formula is C12H9BrCl2O4. The molecule has 0 saturated heterocycles. The van der Waals surface area contributed by atoms with E-state index in [1.165, 1.54) is 18.2 Å². The van der Waals surface area contributed by atoms with Crippen LogP contribution in [0, 0.1) is 0 Å². The van der Waals surface area contributed by atoms with E-state index in [1.54, 1.807) is 12.1 Å². The van der Waals surface area contributed by atoms with Gasteiger partial charge in [0, 0.05) is 4.47 Å². The average molecular weight is 368 g/mol. The first-order valence-electron chi connectivity index (χ1n) is 4.69. The molecule has 0 saturated carbocycles. The number of carboxylic acid groups (broad SMARTS) is 2. The normalized spacial score (nSPS) is 9.32. The van der Waals surface area contributed by atoms with Gasteiger partial charge in [0.15, 0.2) is 0 Å². The lowest BCUT2D eigenvalue weighted by Gasteiger charge is -2.05. The molecular weight excluding hydrogens is 359 g/mol. The Bertz CT molecular complexity index is 643. The van der Waals surface area contributed by atoms with Crippen LogP contribution in [0.2, 0.25) is 0 Å². The van der Waals surface area contributed by atoms with Crippen molar-refractivity contribution >= 4 is 63.5 Å². The van der Waals surface area contributed by atoms with Gasteiger partial charge in [-0.15, -0.1) is 24.8 Å². The Morgan fingerprint density at radius 3 is 2.11 bits per heavy atom. The van der Waals surface area contributed by atoms with E-state index in [2.05, 4.69) is 15.9 Å². The van der Waals surface area contributed by atoms with Gasteiger partial charge < -0.3 is 10.2 Å². The Balaban J connectivity index is 0.00000162. The molecule has 0 aliphatic carbocycles. The van der Waals surface area contributed by atoms with Crippen LogP contribution in [0.4, 0.5) is 0 Å². The quantitative estimate of drug-likeness (QED) is 0.845. The van der Waals surface area contributed by atoms with Crippen LogP contribution in [-0.2, 0) is 0 Å². The fraction of sp³-hybridized carbons (Fsp3) is 0. The number of hydrogen-bond donors (Lipinski definition) is 2. The van der Waals surface area contributed by atoms with Crippen molar-refractivity contribution in [2.45, 2.75) is 0 Å². The van der Waals surface area contributed by atoms with Crippen LogP contribution < -0.4 is 0 Å². The SMILES string of the molecule is Cl.Cl.O=C(O)c1ccc2c(Br)c(C(=O)O)ccc2c1. The molecule has 2 aromatic rings. The lowest BCUT2D eigenvalue weighted by molar-refractivity contribution is 0.0685. The molecule has 0 unspecified atom stereocenters. The molecule has 0 heterocycles. The third kappa shape index (κ3) is 3.37. The van der Waals surface area contributed by atoms with Crippen molar-refractivity contribution in [1.29, 1.82) is 0 Å². The summed E-state index contributed by atoms with van der Waals surface area (Å²) in [6.07, 6.45) is 0. The van der Waals surface area contributed by atoms with Crippen molar-refractivity contribution in [3.63, 3.8) is 0 Å². The van der Waals surface area contributed by atoms with Crippen LogP contribution in [0.1, 0.15) is 20.7 Å². The van der Waals surface area contributed by atoms with E-state index >= 15 is 0 Å². The molecule has 0 bridgehead atoms. The van der Waals surface area contributed by atoms with E-state index < -0.39 is 11.9 Å². The summed E-state index contributed by atoms with van der Waals surface area (Å²) >= 11 is 3.22. The summed E-state index contributed by atoms with van der Waals surface area (Å²) in [6, 6.07) is 7.58. The maximum Gasteiger partial charge on any atom is 0.336 e. The molecule has 2 N–H and O–H groups in total. The number of rotatable bonds is 2. The fourth-order valence-electron chi connectivity index (χ4n) is 1.59. The number of halogens is 3. The molecule has 0 aliphatic heterocycles. The molecule has 4 nitrogen and oxygen atoms in total. The highest BCUT2D eigenvalue weighted by Crippen LogP contribution is 2.28. The molecule has 0 radical (unpaired) electrons. The number of hydrogen-bond acceptors (Lipinski definition) is 2. The van der Waals surface area contributed by atoms with Gasteiger partial charge in [-0.05, 0) is 44.9 Å².